The van der Waals surface area contributed by atoms with Crippen molar-refractivity contribution in [2.45, 2.75) is 103 Å². The summed E-state index contributed by atoms with van der Waals surface area (Å²) in [7, 11) is 0. The van der Waals surface area contributed by atoms with Crippen molar-refractivity contribution in [1.82, 2.24) is 0 Å². The van der Waals surface area contributed by atoms with Gasteiger partial charge in [0.15, 0.2) is 0 Å². The summed E-state index contributed by atoms with van der Waals surface area (Å²) < 4.78 is 0. The fourth-order valence-corrected chi connectivity index (χ4v) is 6.24. The van der Waals surface area contributed by atoms with E-state index in [1.165, 1.54) is 11.1 Å². The van der Waals surface area contributed by atoms with Gasteiger partial charge in [-0.1, -0.05) is 62.8 Å². The normalized spacial score (nSPS) is 38.6. The number of fused-ring (bicyclic) bond motifs is 1. The highest BCUT2D eigenvalue weighted by molar-refractivity contribution is 5.36. The van der Waals surface area contributed by atoms with Gasteiger partial charge in [-0.05, 0) is 94.0 Å². The number of aliphatic hydroxyl groups is 3. The summed E-state index contributed by atoms with van der Waals surface area (Å²) in [5.41, 5.74) is 2.05. The van der Waals surface area contributed by atoms with Gasteiger partial charge in [-0.2, -0.15) is 0 Å². The molecule has 0 unspecified atom stereocenters. The van der Waals surface area contributed by atoms with Gasteiger partial charge in [0.05, 0.1) is 17.3 Å². The topological polar surface area (TPSA) is 60.7 Å². The summed E-state index contributed by atoms with van der Waals surface area (Å²) in [6.45, 7) is 14.3. The molecule has 0 radical (unpaired) electrons. The molecule has 0 bridgehead atoms. The lowest BCUT2D eigenvalue weighted by Crippen LogP contribution is -2.44. The monoisotopic (exact) mass is 428 g/mol. The molecular weight excluding hydrogens is 384 g/mol. The van der Waals surface area contributed by atoms with Crippen LogP contribution in [0.2, 0.25) is 0 Å². The molecule has 3 aliphatic rings. The van der Waals surface area contributed by atoms with Crippen LogP contribution >= 0.6 is 0 Å². The first-order valence-electron chi connectivity index (χ1n) is 12.3. The minimum Gasteiger partial charge on any atom is -0.393 e. The zero-order chi connectivity index (χ0) is 23.0. The minimum atomic E-state index is -0.939. The summed E-state index contributed by atoms with van der Waals surface area (Å²) in [5.74, 6) is 0.749. The molecule has 31 heavy (non-hydrogen) atoms. The predicted molar refractivity (Wildman–Crippen MR) is 129 cm³/mol. The van der Waals surface area contributed by atoms with Crippen molar-refractivity contribution in [2.24, 2.45) is 23.2 Å². The van der Waals surface area contributed by atoms with E-state index >= 15 is 0 Å². The lowest BCUT2D eigenvalue weighted by molar-refractivity contribution is -0.0260. The smallest absolute Gasteiger partial charge is 0.0834 e. The van der Waals surface area contributed by atoms with Crippen molar-refractivity contribution >= 4 is 0 Å². The van der Waals surface area contributed by atoms with Crippen molar-refractivity contribution in [3.05, 3.63) is 47.6 Å². The average molecular weight is 429 g/mol. The maximum absolute atomic E-state index is 11.5. The highest BCUT2D eigenvalue weighted by Crippen LogP contribution is 2.60. The number of hydrogen-bond donors (Lipinski definition) is 3. The molecular formula is C28H44O3. The maximum atomic E-state index is 11.5. The van der Waals surface area contributed by atoms with Gasteiger partial charge in [-0.25, -0.2) is 0 Å². The Balaban J connectivity index is 1.82. The summed E-state index contributed by atoms with van der Waals surface area (Å²) in [4.78, 5) is 0. The van der Waals surface area contributed by atoms with E-state index in [4.69, 9.17) is 0 Å². The molecule has 0 saturated heterocycles. The highest BCUT2D eigenvalue weighted by Gasteiger charge is 2.54. The molecule has 3 fully saturated rings. The molecule has 0 aromatic heterocycles. The zero-order valence-electron chi connectivity index (χ0n) is 20.3. The SMILES string of the molecule is C=C1CC[C@H](O)C/C1=C/C=C1\CCC[C@@]2(C)[C@H]1CC[C@@H]2[C@@](C)(O)/C=C/[C@@](C)(O)C(C)C. The standard InChI is InChI=1S/C28H44O3/c1-19(2)27(5,30)16-17-28(6,31)25-14-13-24-21(8-7-15-26(24,25)4)10-11-22-18-23(29)12-9-20(22)3/h10-11,16-17,19,23-25,29-31H,3,7-9,12-15,18H2,1-2,4-6H3/b17-16+,21-10+,22-11-/t23-,24-,25-,26-,27+,28-/m0/s1. The first kappa shape index (κ1) is 24.5. The molecule has 0 aromatic carbocycles. The minimum absolute atomic E-state index is 0.0587. The molecule has 3 saturated carbocycles. The van der Waals surface area contributed by atoms with Crippen molar-refractivity contribution in [2.75, 3.05) is 0 Å². The second kappa shape index (κ2) is 9.00. The first-order valence-corrected chi connectivity index (χ1v) is 12.3. The van der Waals surface area contributed by atoms with Crippen molar-refractivity contribution in [1.29, 1.82) is 0 Å². The fourth-order valence-electron chi connectivity index (χ4n) is 6.24. The van der Waals surface area contributed by atoms with E-state index in [-0.39, 0.29) is 23.4 Å². The van der Waals surface area contributed by atoms with Gasteiger partial charge >= 0.3 is 0 Å². The summed E-state index contributed by atoms with van der Waals surface area (Å²) in [5, 5.41) is 32.1. The van der Waals surface area contributed by atoms with Crippen LogP contribution in [-0.2, 0) is 0 Å². The Bertz CT molecular complexity index is 767. The number of rotatable bonds is 5. The van der Waals surface area contributed by atoms with Gasteiger partial charge in [-0.15, -0.1) is 0 Å². The largest absolute Gasteiger partial charge is 0.393 e. The van der Waals surface area contributed by atoms with Crippen LogP contribution in [0.4, 0.5) is 0 Å². The summed E-state index contributed by atoms with van der Waals surface area (Å²) in [6.07, 6.45) is 15.8. The van der Waals surface area contributed by atoms with Crippen LogP contribution in [0.25, 0.3) is 0 Å². The van der Waals surface area contributed by atoms with E-state index < -0.39 is 11.2 Å². The quantitative estimate of drug-likeness (QED) is 0.480. The number of aliphatic hydroxyl groups excluding tert-OH is 1. The molecule has 0 spiro atoms. The zero-order valence-corrected chi connectivity index (χ0v) is 20.3. The Morgan fingerprint density at radius 3 is 2.45 bits per heavy atom. The van der Waals surface area contributed by atoms with E-state index in [0.29, 0.717) is 12.3 Å². The van der Waals surface area contributed by atoms with Crippen LogP contribution in [-0.4, -0.2) is 32.6 Å². The molecule has 0 aromatic rings. The van der Waals surface area contributed by atoms with Gasteiger partial charge in [0.25, 0.3) is 0 Å². The van der Waals surface area contributed by atoms with Crippen LogP contribution in [0, 0.1) is 23.2 Å². The van der Waals surface area contributed by atoms with Crippen LogP contribution in [0.15, 0.2) is 47.6 Å². The summed E-state index contributed by atoms with van der Waals surface area (Å²) >= 11 is 0. The Morgan fingerprint density at radius 2 is 1.77 bits per heavy atom. The maximum Gasteiger partial charge on any atom is 0.0834 e. The third kappa shape index (κ3) is 5.10. The molecule has 0 amide bonds. The van der Waals surface area contributed by atoms with Crippen molar-refractivity contribution < 1.29 is 15.3 Å². The van der Waals surface area contributed by atoms with Gasteiger partial charge in [0.2, 0.25) is 0 Å². The highest BCUT2D eigenvalue weighted by atomic mass is 16.3. The Hall–Kier alpha value is -1.16. The molecule has 0 heterocycles. The van der Waals surface area contributed by atoms with Crippen molar-refractivity contribution in [3.63, 3.8) is 0 Å². The second-order valence-electron chi connectivity index (χ2n) is 11.4. The van der Waals surface area contributed by atoms with Gasteiger partial charge in [-0.3, -0.25) is 0 Å². The van der Waals surface area contributed by atoms with E-state index in [0.717, 1.165) is 50.5 Å². The fraction of sp³-hybridized carbons (Fsp3) is 0.714. The Kier molecular flexibility index (Phi) is 7.11. The molecule has 6 atom stereocenters. The third-order valence-electron chi connectivity index (χ3n) is 8.78. The molecule has 174 valence electrons. The van der Waals surface area contributed by atoms with E-state index in [1.807, 2.05) is 33.8 Å². The molecule has 0 aliphatic heterocycles. The molecule has 3 N–H and O–H groups in total. The Labute approximate surface area is 189 Å². The van der Waals surface area contributed by atoms with Gasteiger partial charge in [0.1, 0.15) is 0 Å². The number of allylic oxidation sites excluding steroid dienone is 4. The average Bonchev–Trinajstić information content (AvgIpc) is 3.05. The second-order valence-corrected chi connectivity index (χ2v) is 11.4. The van der Waals surface area contributed by atoms with Gasteiger partial charge < -0.3 is 15.3 Å². The van der Waals surface area contributed by atoms with Gasteiger partial charge in [0, 0.05) is 0 Å². The third-order valence-corrected chi connectivity index (χ3v) is 8.78. The lowest BCUT2D eigenvalue weighted by atomic mass is 9.60. The Morgan fingerprint density at radius 1 is 1.06 bits per heavy atom. The molecule has 3 aliphatic carbocycles. The number of hydrogen-bond acceptors (Lipinski definition) is 3. The van der Waals surface area contributed by atoms with Crippen LogP contribution in [0.3, 0.4) is 0 Å². The van der Waals surface area contributed by atoms with E-state index in [2.05, 4.69) is 25.7 Å². The van der Waals surface area contributed by atoms with E-state index in [9.17, 15) is 15.3 Å². The van der Waals surface area contributed by atoms with Crippen LogP contribution in [0.1, 0.15) is 86.0 Å². The first-order chi connectivity index (χ1) is 14.4. The van der Waals surface area contributed by atoms with Crippen molar-refractivity contribution in [3.8, 4) is 0 Å². The van der Waals surface area contributed by atoms with E-state index in [1.54, 1.807) is 6.08 Å². The van der Waals surface area contributed by atoms with Crippen LogP contribution in [0.5, 0.6) is 0 Å². The summed E-state index contributed by atoms with van der Waals surface area (Å²) in [6, 6.07) is 0. The molecule has 3 nitrogen and oxygen atoms in total. The predicted octanol–water partition coefficient (Wildman–Crippen LogP) is 5.87. The lowest BCUT2D eigenvalue weighted by Gasteiger charge is -2.46. The molecule has 3 rings (SSSR count). The van der Waals surface area contributed by atoms with Crippen LogP contribution < -0.4 is 0 Å². The molecule has 3 heteroatoms.